The normalized spacial score (nSPS) is 19.7. The predicted octanol–water partition coefficient (Wildman–Crippen LogP) is -0.386. The number of hydrogen-bond acceptors (Lipinski definition) is 4. The Kier molecular flexibility index (Phi) is 3.90. The molecule has 0 radical (unpaired) electrons. The number of carbonyl (C=O) groups excluding carboxylic acids is 1. The lowest BCUT2D eigenvalue weighted by atomic mass is 10.2. The molecule has 0 aromatic rings. The van der Waals surface area contributed by atoms with Crippen molar-refractivity contribution in [2.75, 3.05) is 19.6 Å². The first-order chi connectivity index (χ1) is 6.79. The van der Waals surface area contributed by atoms with Crippen LogP contribution in [-0.2, 0) is 4.79 Å². The molecular formula is C9H12N4O. The maximum absolute atomic E-state index is 11.7. The number of hydrogen-bond donors (Lipinski definition) is 1. The number of amides is 1. The van der Waals surface area contributed by atoms with Crippen molar-refractivity contribution in [2.24, 2.45) is 0 Å². The summed E-state index contributed by atoms with van der Waals surface area (Å²) in [5.41, 5.74) is 0. The molecule has 14 heavy (non-hydrogen) atoms. The highest BCUT2D eigenvalue weighted by Crippen LogP contribution is 2.08. The van der Waals surface area contributed by atoms with E-state index in [1.165, 1.54) is 4.90 Å². The van der Waals surface area contributed by atoms with Crippen LogP contribution < -0.4 is 5.32 Å². The van der Waals surface area contributed by atoms with E-state index in [-0.39, 0.29) is 25.0 Å². The van der Waals surface area contributed by atoms with E-state index in [0.29, 0.717) is 0 Å². The Bertz CT molecular complexity index is 266. The van der Waals surface area contributed by atoms with Crippen molar-refractivity contribution in [2.45, 2.75) is 18.9 Å². The van der Waals surface area contributed by atoms with Crippen molar-refractivity contribution in [1.82, 2.24) is 10.2 Å². The molecular weight excluding hydrogens is 180 g/mol. The summed E-state index contributed by atoms with van der Waals surface area (Å²) in [6, 6.07) is 3.57. The second-order valence-electron chi connectivity index (χ2n) is 3.16. The van der Waals surface area contributed by atoms with Crippen LogP contribution in [0.3, 0.4) is 0 Å². The monoisotopic (exact) mass is 192 g/mol. The fraction of sp³-hybridized carbons (Fsp3) is 0.667. The van der Waals surface area contributed by atoms with Gasteiger partial charge >= 0.3 is 0 Å². The molecule has 0 aliphatic carbocycles. The summed E-state index contributed by atoms with van der Waals surface area (Å²) >= 11 is 0. The van der Waals surface area contributed by atoms with E-state index in [9.17, 15) is 4.79 Å². The Hall–Kier alpha value is -1.59. The summed E-state index contributed by atoms with van der Waals surface area (Å²) < 4.78 is 0. The fourth-order valence-corrected chi connectivity index (χ4v) is 1.50. The molecule has 1 aliphatic heterocycles. The van der Waals surface area contributed by atoms with Gasteiger partial charge < -0.3 is 10.2 Å². The van der Waals surface area contributed by atoms with Gasteiger partial charge in [-0.1, -0.05) is 0 Å². The number of carbonyl (C=O) groups is 1. The quantitative estimate of drug-likeness (QED) is 0.618. The number of nitriles is 2. The Morgan fingerprint density at radius 1 is 1.43 bits per heavy atom. The Morgan fingerprint density at radius 3 is 2.50 bits per heavy atom. The highest BCUT2D eigenvalue weighted by Gasteiger charge is 2.26. The largest absolute Gasteiger partial charge is 0.315 e. The smallest absolute Gasteiger partial charge is 0.241 e. The number of nitrogens with one attached hydrogen (secondary N) is 1. The third kappa shape index (κ3) is 2.45. The van der Waals surface area contributed by atoms with Gasteiger partial charge in [0, 0.05) is 0 Å². The van der Waals surface area contributed by atoms with E-state index < -0.39 is 0 Å². The molecule has 1 heterocycles. The summed E-state index contributed by atoms with van der Waals surface area (Å²) in [5.74, 6) is -0.134. The van der Waals surface area contributed by atoms with Gasteiger partial charge in [0.2, 0.25) is 5.91 Å². The first kappa shape index (κ1) is 10.5. The molecule has 0 spiro atoms. The second-order valence-corrected chi connectivity index (χ2v) is 3.16. The van der Waals surface area contributed by atoms with E-state index in [0.717, 1.165) is 19.4 Å². The SMILES string of the molecule is N#CCN(CC#N)C(=O)[C@@H]1CCCN1. The van der Waals surface area contributed by atoms with Crippen LogP contribution in [0.5, 0.6) is 0 Å². The minimum Gasteiger partial charge on any atom is -0.315 e. The lowest BCUT2D eigenvalue weighted by Crippen LogP contribution is -2.43. The standard InChI is InChI=1S/C9H12N4O/c10-3-6-13(7-4-11)9(14)8-2-1-5-12-8/h8,12H,1-2,5-7H2/t8-/m0/s1. The zero-order valence-corrected chi connectivity index (χ0v) is 7.86. The molecule has 1 rings (SSSR count). The minimum absolute atomic E-state index is 0.00935. The highest BCUT2D eigenvalue weighted by atomic mass is 16.2. The molecule has 0 aromatic heterocycles. The highest BCUT2D eigenvalue weighted by molar-refractivity contribution is 5.82. The molecule has 0 bridgehead atoms. The molecule has 5 heteroatoms. The van der Waals surface area contributed by atoms with Crippen molar-refractivity contribution < 1.29 is 4.79 Å². The molecule has 74 valence electrons. The molecule has 1 fully saturated rings. The number of nitrogens with zero attached hydrogens (tertiary/aromatic N) is 3. The predicted molar refractivity (Wildman–Crippen MR) is 48.8 cm³/mol. The van der Waals surface area contributed by atoms with Gasteiger partial charge in [-0.3, -0.25) is 4.79 Å². The Labute approximate surface area is 82.9 Å². The van der Waals surface area contributed by atoms with Gasteiger partial charge in [-0.15, -0.1) is 0 Å². The van der Waals surface area contributed by atoms with Crippen molar-refractivity contribution >= 4 is 5.91 Å². The number of rotatable bonds is 3. The van der Waals surface area contributed by atoms with E-state index in [1.807, 2.05) is 12.1 Å². The molecule has 0 saturated carbocycles. The topological polar surface area (TPSA) is 79.9 Å². The van der Waals surface area contributed by atoms with Crippen molar-refractivity contribution in [3.63, 3.8) is 0 Å². The Balaban J connectivity index is 2.54. The molecule has 1 amide bonds. The van der Waals surface area contributed by atoms with Crippen molar-refractivity contribution in [1.29, 1.82) is 10.5 Å². The van der Waals surface area contributed by atoms with Crippen LogP contribution >= 0.6 is 0 Å². The van der Waals surface area contributed by atoms with Crippen LogP contribution in [0, 0.1) is 22.7 Å². The third-order valence-corrected chi connectivity index (χ3v) is 2.19. The first-order valence-corrected chi connectivity index (χ1v) is 4.55. The van der Waals surface area contributed by atoms with Gasteiger partial charge in [0.25, 0.3) is 0 Å². The first-order valence-electron chi connectivity index (χ1n) is 4.55. The lowest BCUT2D eigenvalue weighted by molar-refractivity contribution is -0.131. The molecule has 0 aromatic carbocycles. The zero-order chi connectivity index (χ0) is 10.4. The van der Waals surface area contributed by atoms with Gasteiger partial charge in [-0.25, -0.2) is 0 Å². The summed E-state index contributed by atoms with van der Waals surface area (Å²) in [4.78, 5) is 13.0. The van der Waals surface area contributed by atoms with Crippen LogP contribution in [0.25, 0.3) is 0 Å². The minimum atomic E-state index is -0.198. The summed E-state index contributed by atoms with van der Waals surface area (Å²) in [6.07, 6.45) is 1.77. The van der Waals surface area contributed by atoms with Crippen LogP contribution in [0.15, 0.2) is 0 Å². The van der Waals surface area contributed by atoms with Gasteiger partial charge in [-0.2, -0.15) is 10.5 Å². The maximum Gasteiger partial charge on any atom is 0.241 e. The van der Waals surface area contributed by atoms with E-state index in [4.69, 9.17) is 10.5 Å². The van der Waals surface area contributed by atoms with Gasteiger partial charge in [0.15, 0.2) is 0 Å². The zero-order valence-electron chi connectivity index (χ0n) is 7.86. The van der Waals surface area contributed by atoms with Crippen LogP contribution in [0.1, 0.15) is 12.8 Å². The average Bonchev–Trinajstić information content (AvgIpc) is 2.69. The van der Waals surface area contributed by atoms with Crippen molar-refractivity contribution in [3.05, 3.63) is 0 Å². The maximum atomic E-state index is 11.7. The lowest BCUT2D eigenvalue weighted by Gasteiger charge is -2.19. The molecule has 5 nitrogen and oxygen atoms in total. The van der Waals surface area contributed by atoms with Crippen LogP contribution in [-0.4, -0.2) is 36.5 Å². The second kappa shape index (κ2) is 5.21. The molecule has 1 atom stereocenters. The average molecular weight is 192 g/mol. The van der Waals surface area contributed by atoms with Gasteiger partial charge in [0.05, 0.1) is 18.2 Å². The van der Waals surface area contributed by atoms with Gasteiger partial charge in [0.1, 0.15) is 13.1 Å². The summed E-state index contributed by atoms with van der Waals surface area (Å²) in [5, 5.41) is 20.0. The van der Waals surface area contributed by atoms with Crippen LogP contribution in [0.4, 0.5) is 0 Å². The van der Waals surface area contributed by atoms with E-state index >= 15 is 0 Å². The van der Waals surface area contributed by atoms with E-state index in [1.54, 1.807) is 0 Å². The molecule has 1 aliphatic rings. The molecule has 1 saturated heterocycles. The third-order valence-electron chi connectivity index (χ3n) is 2.19. The summed E-state index contributed by atoms with van der Waals surface area (Å²) in [7, 11) is 0. The molecule has 1 N–H and O–H groups in total. The Morgan fingerprint density at radius 2 is 2.07 bits per heavy atom. The molecule has 0 unspecified atom stereocenters. The van der Waals surface area contributed by atoms with Gasteiger partial charge in [-0.05, 0) is 19.4 Å². The van der Waals surface area contributed by atoms with Crippen molar-refractivity contribution in [3.8, 4) is 12.1 Å². The summed E-state index contributed by atoms with van der Waals surface area (Å²) in [6.45, 7) is 0.818. The van der Waals surface area contributed by atoms with Crippen LogP contribution in [0.2, 0.25) is 0 Å². The fourth-order valence-electron chi connectivity index (χ4n) is 1.50. The van der Waals surface area contributed by atoms with E-state index in [2.05, 4.69) is 5.32 Å².